The molecule has 2 aromatic carbocycles. The SMILES string of the molecule is Cc1ccc(NCC(=O)NCc2ccc(C(=O)N3CCCC3)cc2)cc1C. The predicted octanol–water partition coefficient (Wildman–Crippen LogP) is 3.27. The maximum Gasteiger partial charge on any atom is 0.253 e. The van der Waals surface area contributed by atoms with Gasteiger partial charge < -0.3 is 15.5 Å². The van der Waals surface area contributed by atoms with E-state index in [2.05, 4.69) is 24.5 Å². The Bertz CT molecular complexity index is 809. The number of nitrogens with one attached hydrogen (secondary N) is 2. The fraction of sp³-hybridized carbons (Fsp3) is 0.364. The smallest absolute Gasteiger partial charge is 0.253 e. The summed E-state index contributed by atoms with van der Waals surface area (Å²) in [5, 5.41) is 6.04. The Kier molecular flexibility index (Phi) is 6.12. The molecule has 1 aliphatic heterocycles. The Hall–Kier alpha value is -2.82. The molecule has 2 aromatic rings. The number of carbonyl (C=O) groups is 2. The van der Waals surface area contributed by atoms with Crippen molar-refractivity contribution in [3.05, 3.63) is 64.7 Å². The van der Waals surface area contributed by atoms with E-state index < -0.39 is 0 Å². The molecule has 3 rings (SSSR count). The van der Waals surface area contributed by atoms with Gasteiger partial charge >= 0.3 is 0 Å². The molecule has 142 valence electrons. The molecule has 27 heavy (non-hydrogen) atoms. The minimum Gasteiger partial charge on any atom is -0.376 e. The molecule has 0 aromatic heterocycles. The van der Waals surface area contributed by atoms with Gasteiger partial charge in [0.2, 0.25) is 5.91 Å². The molecule has 1 saturated heterocycles. The topological polar surface area (TPSA) is 61.4 Å². The second kappa shape index (κ2) is 8.71. The van der Waals surface area contributed by atoms with E-state index in [-0.39, 0.29) is 18.4 Å². The minimum absolute atomic E-state index is 0.0644. The third-order valence-electron chi connectivity index (χ3n) is 5.04. The largest absolute Gasteiger partial charge is 0.376 e. The van der Waals surface area contributed by atoms with E-state index in [4.69, 9.17) is 0 Å². The molecule has 1 heterocycles. The lowest BCUT2D eigenvalue weighted by molar-refractivity contribution is -0.119. The summed E-state index contributed by atoms with van der Waals surface area (Å²) < 4.78 is 0. The Morgan fingerprint density at radius 2 is 1.67 bits per heavy atom. The number of aryl methyl sites for hydroxylation is 2. The van der Waals surface area contributed by atoms with Crippen molar-refractivity contribution < 1.29 is 9.59 Å². The second-order valence-corrected chi connectivity index (χ2v) is 7.13. The highest BCUT2D eigenvalue weighted by Gasteiger charge is 2.19. The molecule has 1 aliphatic rings. The van der Waals surface area contributed by atoms with Gasteiger partial charge in [-0.05, 0) is 67.6 Å². The highest BCUT2D eigenvalue weighted by atomic mass is 16.2. The molecule has 0 saturated carbocycles. The number of carbonyl (C=O) groups excluding carboxylic acids is 2. The van der Waals surface area contributed by atoms with Crippen LogP contribution in [-0.4, -0.2) is 36.3 Å². The van der Waals surface area contributed by atoms with Crippen molar-refractivity contribution in [3.8, 4) is 0 Å². The maximum absolute atomic E-state index is 12.3. The van der Waals surface area contributed by atoms with Gasteiger partial charge in [-0.15, -0.1) is 0 Å². The van der Waals surface area contributed by atoms with Gasteiger partial charge in [0, 0.05) is 30.9 Å². The number of likely N-dealkylation sites (tertiary alicyclic amines) is 1. The van der Waals surface area contributed by atoms with Crippen molar-refractivity contribution in [3.63, 3.8) is 0 Å². The zero-order chi connectivity index (χ0) is 19.2. The number of hydrogen-bond acceptors (Lipinski definition) is 3. The van der Waals surface area contributed by atoms with Crippen molar-refractivity contribution in [2.75, 3.05) is 25.0 Å². The summed E-state index contributed by atoms with van der Waals surface area (Å²) in [6, 6.07) is 13.6. The third-order valence-corrected chi connectivity index (χ3v) is 5.04. The van der Waals surface area contributed by atoms with Gasteiger partial charge in [-0.25, -0.2) is 0 Å². The monoisotopic (exact) mass is 365 g/mol. The maximum atomic E-state index is 12.3. The minimum atomic E-state index is -0.0644. The standard InChI is InChI=1S/C22H27N3O2/c1-16-5-10-20(13-17(16)2)23-15-21(26)24-14-18-6-8-19(9-7-18)22(27)25-11-3-4-12-25/h5-10,13,23H,3-4,11-12,14-15H2,1-2H3,(H,24,26). The Labute approximate surface area is 160 Å². The van der Waals surface area contributed by atoms with Gasteiger partial charge in [-0.3, -0.25) is 9.59 Å². The molecule has 2 amide bonds. The molecule has 0 aliphatic carbocycles. The molecule has 2 N–H and O–H groups in total. The fourth-order valence-corrected chi connectivity index (χ4v) is 3.16. The zero-order valence-corrected chi connectivity index (χ0v) is 16.0. The lowest BCUT2D eigenvalue weighted by atomic mass is 10.1. The molecule has 5 heteroatoms. The van der Waals surface area contributed by atoms with Crippen LogP contribution in [0.5, 0.6) is 0 Å². The molecular formula is C22H27N3O2. The quantitative estimate of drug-likeness (QED) is 0.826. The van der Waals surface area contributed by atoms with E-state index >= 15 is 0 Å². The van der Waals surface area contributed by atoms with Crippen molar-refractivity contribution in [2.24, 2.45) is 0 Å². The lowest BCUT2D eigenvalue weighted by Gasteiger charge is -2.15. The summed E-state index contributed by atoms with van der Waals surface area (Å²) in [5.74, 6) is 0.0334. The first kappa shape index (κ1) is 19.0. The normalized spacial score (nSPS) is 13.5. The van der Waals surface area contributed by atoms with Crippen LogP contribution in [0.2, 0.25) is 0 Å². The average Bonchev–Trinajstić information content (AvgIpc) is 3.22. The molecule has 0 spiro atoms. The fourth-order valence-electron chi connectivity index (χ4n) is 3.16. The van der Waals surface area contributed by atoms with Crippen LogP contribution in [0.1, 0.15) is 39.9 Å². The molecule has 0 radical (unpaired) electrons. The summed E-state index contributed by atoms with van der Waals surface area (Å²) in [6.45, 7) is 6.50. The van der Waals surface area contributed by atoms with Gasteiger partial charge in [0.05, 0.1) is 6.54 Å². The van der Waals surface area contributed by atoms with Crippen molar-refractivity contribution in [2.45, 2.75) is 33.2 Å². The summed E-state index contributed by atoms with van der Waals surface area (Å²) in [7, 11) is 0. The van der Waals surface area contributed by atoms with Crippen LogP contribution in [0.4, 0.5) is 5.69 Å². The molecular weight excluding hydrogens is 338 g/mol. The Morgan fingerprint density at radius 1 is 0.963 bits per heavy atom. The number of anilines is 1. The first-order chi connectivity index (χ1) is 13.0. The Balaban J connectivity index is 1.45. The van der Waals surface area contributed by atoms with Crippen LogP contribution in [0.25, 0.3) is 0 Å². The highest BCUT2D eigenvalue weighted by molar-refractivity contribution is 5.94. The highest BCUT2D eigenvalue weighted by Crippen LogP contribution is 2.14. The molecule has 5 nitrogen and oxygen atoms in total. The van der Waals surface area contributed by atoms with E-state index in [9.17, 15) is 9.59 Å². The first-order valence-corrected chi connectivity index (χ1v) is 9.49. The van der Waals surface area contributed by atoms with Crippen LogP contribution in [0, 0.1) is 13.8 Å². The van der Waals surface area contributed by atoms with Crippen LogP contribution in [0.3, 0.4) is 0 Å². The lowest BCUT2D eigenvalue weighted by Crippen LogP contribution is -2.29. The average molecular weight is 365 g/mol. The van der Waals surface area contributed by atoms with Crippen LogP contribution >= 0.6 is 0 Å². The molecule has 1 fully saturated rings. The predicted molar refractivity (Wildman–Crippen MR) is 108 cm³/mol. The first-order valence-electron chi connectivity index (χ1n) is 9.49. The molecule has 0 bridgehead atoms. The van der Waals surface area contributed by atoms with Crippen LogP contribution in [0.15, 0.2) is 42.5 Å². The van der Waals surface area contributed by atoms with Crippen LogP contribution in [-0.2, 0) is 11.3 Å². The summed E-state index contributed by atoms with van der Waals surface area (Å²) in [5.41, 5.74) is 5.06. The zero-order valence-electron chi connectivity index (χ0n) is 16.0. The molecule has 0 atom stereocenters. The number of rotatable bonds is 6. The Morgan fingerprint density at radius 3 is 2.33 bits per heavy atom. The number of nitrogens with zero attached hydrogens (tertiary/aromatic N) is 1. The molecule has 0 unspecified atom stereocenters. The summed E-state index contributed by atoms with van der Waals surface area (Å²) >= 11 is 0. The third kappa shape index (κ3) is 5.09. The van der Waals surface area contributed by atoms with Gasteiger partial charge in [-0.1, -0.05) is 18.2 Å². The van der Waals surface area contributed by atoms with E-state index in [1.807, 2.05) is 47.4 Å². The van der Waals surface area contributed by atoms with E-state index in [1.165, 1.54) is 11.1 Å². The van der Waals surface area contributed by atoms with E-state index in [0.29, 0.717) is 12.1 Å². The van der Waals surface area contributed by atoms with Crippen molar-refractivity contribution in [1.29, 1.82) is 0 Å². The number of hydrogen-bond donors (Lipinski definition) is 2. The van der Waals surface area contributed by atoms with Gasteiger partial charge in [0.1, 0.15) is 0 Å². The van der Waals surface area contributed by atoms with E-state index in [1.54, 1.807) is 0 Å². The van der Waals surface area contributed by atoms with Gasteiger partial charge in [0.15, 0.2) is 0 Å². The van der Waals surface area contributed by atoms with Gasteiger partial charge in [-0.2, -0.15) is 0 Å². The summed E-state index contributed by atoms with van der Waals surface area (Å²) in [4.78, 5) is 26.3. The van der Waals surface area contributed by atoms with Crippen molar-refractivity contribution in [1.82, 2.24) is 10.2 Å². The number of amides is 2. The number of benzene rings is 2. The second-order valence-electron chi connectivity index (χ2n) is 7.13. The van der Waals surface area contributed by atoms with Gasteiger partial charge in [0.25, 0.3) is 5.91 Å². The van der Waals surface area contributed by atoms with E-state index in [0.717, 1.165) is 37.2 Å². The van der Waals surface area contributed by atoms with Crippen LogP contribution < -0.4 is 10.6 Å². The van der Waals surface area contributed by atoms with Crippen molar-refractivity contribution >= 4 is 17.5 Å². The summed E-state index contributed by atoms with van der Waals surface area (Å²) in [6.07, 6.45) is 2.18.